The van der Waals surface area contributed by atoms with E-state index in [4.69, 9.17) is 5.48 Å². The third kappa shape index (κ3) is 4.50. The first-order valence-corrected chi connectivity index (χ1v) is 16.4. The first-order chi connectivity index (χ1) is 29.0. The first-order valence-electron chi connectivity index (χ1n) is 21.4. The van der Waals surface area contributed by atoms with Gasteiger partial charge in [0.25, 0.3) is 0 Å². The summed E-state index contributed by atoms with van der Waals surface area (Å²) in [4.78, 5) is 0. The zero-order chi connectivity index (χ0) is 41.7. The number of nitrogens with zero attached hydrogens (tertiary/aromatic N) is 2. The van der Waals surface area contributed by atoms with Crippen molar-refractivity contribution in [1.82, 2.24) is 9.13 Å². The highest BCUT2D eigenvalue weighted by molar-refractivity contribution is 6.28. The SMILES string of the molecule is [2H]c1c([2H])c([2H])c2c(c1[2H])c1c3c4c([2H])c([2H])c([2H])c([2H])c4n(-c4cccc(-c5ccccc5)c4)c3c([2H])c([2H])c1n2-c1ccc(-c2cccc(-c3ccccc3)c2)cc1. The normalized spacial score (nSPS) is 14.4. The van der Waals surface area contributed by atoms with Crippen LogP contribution >= 0.6 is 0 Å². The Labute approximate surface area is 304 Å². The maximum atomic E-state index is 9.72. The van der Waals surface area contributed by atoms with E-state index in [2.05, 4.69) is 6.07 Å². The third-order valence-electron chi connectivity index (χ3n) is 9.39. The van der Waals surface area contributed by atoms with E-state index in [0.29, 0.717) is 11.4 Å². The van der Waals surface area contributed by atoms with Crippen molar-refractivity contribution in [3.63, 3.8) is 0 Å². The molecule has 0 aliphatic rings. The zero-order valence-corrected chi connectivity index (χ0v) is 26.6. The predicted octanol–water partition coefficient (Wildman–Crippen LogP) is 12.9. The summed E-state index contributed by atoms with van der Waals surface area (Å²) in [7, 11) is 0. The van der Waals surface area contributed by atoms with Gasteiger partial charge in [-0.05, 0) is 87.9 Å². The lowest BCUT2D eigenvalue weighted by Gasteiger charge is -2.11. The van der Waals surface area contributed by atoms with Crippen LogP contribution in [0.4, 0.5) is 0 Å². The topological polar surface area (TPSA) is 9.86 Å². The predicted molar refractivity (Wildman–Crippen MR) is 211 cm³/mol. The number of aromatic nitrogens is 2. The second kappa shape index (κ2) is 11.5. The molecule has 0 saturated heterocycles. The van der Waals surface area contributed by atoms with Crippen molar-refractivity contribution in [3.05, 3.63) is 194 Å². The molecule has 0 atom stereocenters. The van der Waals surface area contributed by atoms with E-state index >= 15 is 0 Å². The van der Waals surface area contributed by atoms with E-state index in [-0.39, 0.29) is 79.9 Å². The number of hydrogen-bond acceptors (Lipinski definition) is 0. The average molecular weight is 647 g/mol. The summed E-state index contributed by atoms with van der Waals surface area (Å²) in [5.74, 6) is 0. The van der Waals surface area contributed by atoms with Gasteiger partial charge >= 0.3 is 0 Å². The molecule has 0 aliphatic heterocycles. The van der Waals surface area contributed by atoms with Crippen molar-refractivity contribution in [1.29, 1.82) is 0 Å². The minimum Gasteiger partial charge on any atom is -0.309 e. The molecule has 0 aliphatic carbocycles. The maximum Gasteiger partial charge on any atom is 0.0646 e. The van der Waals surface area contributed by atoms with Crippen LogP contribution in [-0.4, -0.2) is 9.13 Å². The first kappa shape index (κ1) is 20.0. The minimum atomic E-state index is -0.490. The van der Waals surface area contributed by atoms with Gasteiger partial charge in [0.05, 0.1) is 35.8 Å². The molecule has 0 saturated carbocycles. The van der Waals surface area contributed by atoms with Crippen molar-refractivity contribution in [2.45, 2.75) is 0 Å². The lowest BCUT2D eigenvalue weighted by atomic mass is 9.99. The Hall–Kier alpha value is -6.64. The van der Waals surface area contributed by atoms with Crippen molar-refractivity contribution in [2.75, 3.05) is 0 Å². The van der Waals surface area contributed by atoms with Gasteiger partial charge in [0, 0.05) is 32.9 Å². The second-order valence-electron chi connectivity index (χ2n) is 12.2. The summed E-state index contributed by atoms with van der Waals surface area (Å²) in [6.07, 6.45) is 0. The van der Waals surface area contributed by atoms with Gasteiger partial charge in [-0.1, -0.05) is 139 Å². The Morgan fingerprint density at radius 2 is 0.760 bits per heavy atom. The van der Waals surface area contributed by atoms with E-state index < -0.39 is 24.2 Å². The molecule has 0 spiro atoms. The second-order valence-corrected chi connectivity index (χ2v) is 12.2. The van der Waals surface area contributed by atoms with Crippen LogP contribution in [0.1, 0.15) is 13.7 Å². The Morgan fingerprint density at radius 1 is 0.320 bits per heavy atom. The van der Waals surface area contributed by atoms with E-state index in [9.17, 15) is 8.22 Å². The van der Waals surface area contributed by atoms with Crippen molar-refractivity contribution < 1.29 is 13.7 Å². The fourth-order valence-corrected chi connectivity index (χ4v) is 7.12. The smallest absolute Gasteiger partial charge is 0.0646 e. The molecule has 10 rings (SSSR count). The van der Waals surface area contributed by atoms with Gasteiger partial charge in [0.2, 0.25) is 0 Å². The van der Waals surface area contributed by atoms with Crippen LogP contribution in [0, 0.1) is 0 Å². The quantitative estimate of drug-likeness (QED) is 0.176. The number of hydrogen-bond donors (Lipinski definition) is 0. The molecule has 10 aromatic rings. The highest BCUT2D eigenvalue weighted by Gasteiger charge is 2.20. The fourth-order valence-electron chi connectivity index (χ4n) is 7.12. The van der Waals surface area contributed by atoms with E-state index in [0.717, 1.165) is 33.4 Å². The average Bonchev–Trinajstić information content (AvgIpc) is 3.84. The fraction of sp³-hybridized carbons (Fsp3) is 0. The standard InChI is InChI=1S/C48H32N2/c1-3-13-33(14-4-1)36-17-11-18-37(31-36)35-25-27-39(28-26-35)49-43-23-9-7-21-41(43)47-45(49)29-30-46-48(47)42-22-8-10-24-44(42)50(46)40-20-12-19-38(32-40)34-15-5-2-6-16-34/h1-32H/i7D,8D,9D,10D,21D,22D,23D,24D,29D,30D. The number of rotatable bonds is 5. The molecule has 234 valence electrons. The molecule has 0 unspecified atom stereocenters. The van der Waals surface area contributed by atoms with Crippen LogP contribution in [0.3, 0.4) is 0 Å². The molecular weight excluding hydrogens is 605 g/mol. The Bertz CT molecular complexity index is 3410. The van der Waals surface area contributed by atoms with Gasteiger partial charge < -0.3 is 9.13 Å². The van der Waals surface area contributed by atoms with E-state index in [1.165, 1.54) is 0 Å². The van der Waals surface area contributed by atoms with E-state index in [1.807, 2.05) is 121 Å². The number of para-hydroxylation sites is 2. The molecule has 2 heterocycles. The molecule has 0 amide bonds. The summed E-state index contributed by atoms with van der Waals surface area (Å²) in [6, 6.07) is 38.8. The van der Waals surface area contributed by atoms with Crippen LogP contribution in [0.2, 0.25) is 0 Å². The lowest BCUT2D eigenvalue weighted by Crippen LogP contribution is -1.95. The Balaban J connectivity index is 1.33. The summed E-state index contributed by atoms with van der Waals surface area (Å²) >= 11 is 0. The van der Waals surface area contributed by atoms with Gasteiger partial charge in [0.15, 0.2) is 0 Å². The van der Waals surface area contributed by atoms with Crippen molar-refractivity contribution in [3.8, 4) is 44.8 Å². The number of benzene rings is 8. The van der Waals surface area contributed by atoms with Gasteiger partial charge in [-0.3, -0.25) is 0 Å². The summed E-state index contributed by atoms with van der Waals surface area (Å²) in [5, 5.41) is 0.556. The molecule has 2 aromatic heterocycles. The summed E-state index contributed by atoms with van der Waals surface area (Å²) < 4.78 is 94.8. The molecule has 0 N–H and O–H groups in total. The maximum absolute atomic E-state index is 9.72. The van der Waals surface area contributed by atoms with Crippen LogP contribution in [0.5, 0.6) is 0 Å². The lowest BCUT2D eigenvalue weighted by molar-refractivity contribution is 1.17. The van der Waals surface area contributed by atoms with E-state index in [1.54, 1.807) is 15.2 Å². The van der Waals surface area contributed by atoms with Gasteiger partial charge in [-0.25, -0.2) is 0 Å². The monoisotopic (exact) mass is 646 g/mol. The largest absolute Gasteiger partial charge is 0.309 e. The van der Waals surface area contributed by atoms with Crippen LogP contribution in [-0.2, 0) is 0 Å². The molecule has 0 bridgehead atoms. The third-order valence-corrected chi connectivity index (χ3v) is 9.39. The zero-order valence-electron chi connectivity index (χ0n) is 36.6. The molecule has 0 fully saturated rings. The van der Waals surface area contributed by atoms with Crippen LogP contribution < -0.4 is 0 Å². The minimum absolute atomic E-state index is 0.0821. The molecule has 50 heavy (non-hydrogen) atoms. The van der Waals surface area contributed by atoms with Gasteiger partial charge in [0.1, 0.15) is 0 Å². The molecule has 0 radical (unpaired) electrons. The highest BCUT2D eigenvalue weighted by atomic mass is 15.0. The van der Waals surface area contributed by atoms with Crippen molar-refractivity contribution >= 4 is 43.6 Å². The Kier molecular flexibility index (Phi) is 4.60. The molecule has 8 aromatic carbocycles. The summed E-state index contributed by atoms with van der Waals surface area (Å²) in [6.45, 7) is 0. The molecule has 2 nitrogen and oxygen atoms in total. The molecular formula is C48H32N2. The Morgan fingerprint density at radius 3 is 1.32 bits per heavy atom. The van der Waals surface area contributed by atoms with Crippen LogP contribution in [0.15, 0.2) is 194 Å². The number of fused-ring (bicyclic) bond motifs is 7. The van der Waals surface area contributed by atoms with Crippen LogP contribution in [0.25, 0.3) is 88.4 Å². The molecule has 2 heteroatoms. The van der Waals surface area contributed by atoms with Gasteiger partial charge in [-0.2, -0.15) is 0 Å². The van der Waals surface area contributed by atoms with Crippen molar-refractivity contribution in [2.24, 2.45) is 0 Å². The highest BCUT2D eigenvalue weighted by Crippen LogP contribution is 2.42. The van der Waals surface area contributed by atoms with Gasteiger partial charge in [-0.15, -0.1) is 0 Å². The summed E-state index contributed by atoms with van der Waals surface area (Å²) in [5.41, 5.74) is 7.10.